The van der Waals surface area contributed by atoms with Crippen molar-refractivity contribution < 1.29 is 17.9 Å². The fourth-order valence-corrected chi connectivity index (χ4v) is 4.70. The second kappa shape index (κ2) is 10.1. The van der Waals surface area contributed by atoms with Gasteiger partial charge in [-0.25, -0.2) is 8.42 Å². The topological polar surface area (TPSA) is 79.9 Å². The van der Waals surface area contributed by atoms with Crippen molar-refractivity contribution in [2.24, 2.45) is 0 Å². The molecule has 0 bridgehead atoms. The van der Waals surface area contributed by atoms with E-state index in [4.69, 9.17) is 21.7 Å². The summed E-state index contributed by atoms with van der Waals surface area (Å²) in [7, 11) is -0.409. The highest BCUT2D eigenvalue weighted by molar-refractivity contribution is 7.89. The molecule has 0 aliphatic rings. The molecule has 0 heterocycles. The van der Waals surface area contributed by atoms with E-state index in [9.17, 15) is 8.42 Å². The first-order valence-electron chi connectivity index (χ1n) is 9.59. The molecular weight excluding hydrogens is 422 g/mol. The summed E-state index contributed by atoms with van der Waals surface area (Å²) in [5.74, 6) is 1.21. The van der Waals surface area contributed by atoms with Crippen LogP contribution in [0.1, 0.15) is 25.0 Å². The van der Waals surface area contributed by atoms with E-state index in [0.717, 1.165) is 16.8 Å². The normalized spacial score (nSPS) is 11.3. The Balaban J connectivity index is 2.28. The van der Waals surface area contributed by atoms with Gasteiger partial charge in [0, 0.05) is 30.5 Å². The summed E-state index contributed by atoms with van der Waals surface area (Å²) in [5, 5.41) is 6.58. The fourth-order valence-electron chi connectivity index (χ4n) is 3.00. The van der Waals surface area contributed by atoms with Crippen LogP contribution in [-0.2, 0) is 10.0 Å². The highest BCUT2D eigenvalue weighted by Crippen LogP contribution is 2.33. The van der Waals surface area contributed by atoms with E-state index < -0.39 is 10.0 Å². The summed E-state index contributed by atoms with van der Waals surface area (Å²) in [6, 6.07) is 8.65. The number of rotatable bonds is 8. The molecule has 164 valence electrons. The molecule has 0 aliphatic heterocycles. The molecule has 30 heavy (non-hydrogen) atoms. The quantitative estimate of drug-likeness (QED) is 0.583. The molecule has 0 radical (unpaired) electrons. The van der Waals surface area contributed by atoms with Crippen LogP contribution in [0, 0.1) is 13.8 Å². The maximum atomic E-state index is 12.8. The highest BCUT2D eigenvalue weighted by Gasteiger charge is 2.22. The van der Waals surface area contributed by atoms with Gasteiger partial charge in [-0.3, -0.25) is 0 Å². The molecule has 2 rings (SSSR count). The van der Waals surface area contributed by atoms with Crippen molar-refractivity contribution in [3.05, 3.63) is 41.5 Å². The molecule has 0 spiro atoms. The van der Waals surface area contributed by atoms with Crippen molar-refractivity contribution in [3.8, 4) is 11.5 Å². The standard InChI is InChI=1S/C21H29N3O4S2/c1-7-24(8-2)30(25,26)16-10-9-14(3)17(12-16)22-21(29)23-18-13-20(28-6)19(27-5)11-15(18)4/h9-13H,7-8H2,1-6H3,(H2,22,23,29). The monoisotopic (exact) mass is 451 g/mol. The number of aryl methyl sites for hydroxylation is 2. The number of ether oxygens (including phenoxy) is 2. The summed E-state index contributed by atoms with van der Waals surface area (Å²) >= 11 is 5.46. The Morgan fingerprint density at radius 1 is 0.933 bits per heavy atom. The molecule has 2 aromatic rings. The molecule has 2 aromatic carbocycles. The van der Waals surface area contributed by atoms with Crippen molar-refractivity contribution in [2.45, 2.75) is 32.6 Å². The van der Waals surface area contributed by atoms with Crippen LogP contribution in [0.25, 0.3) is 0 Å². The highest BCUT2D eigenvalue weighted by atomic mass is 32.2. The Kier molecular flexibility index (Phi) is 8.05. The number of hydrogen-bond acceptors (Lipinski definition) is 5. The summed E-state index contributed by atoms with van der Waals surface area (Å²) in [6.45, 7) is 8.27. The summed E-state index contributed by atoms with van der Waals surface area (Å²) in [6.07, 6.45) is 0. The van der Waals surface area contributed by atoms with Crippen LogP contribution in [0.5, 0.6) is 11.5 Å². The lowest BCUT2D eigenvalue weighted by atomic mass is 10.1. The Bertz CT molecular complexity index is 1020. The van der Waals surface area contributed by atoms with E-state index in [-0.39, 0.29) is 4.90 Å². The summed E-state index contributed by atoms with van der Waals surface area (Å²) < 4.78 is 37.7. The minimum atomic E-state index is -3.56. The zero-order valence-corrected chi connectivity index (χ0v) is 19.8. The predicted octanol–water partition coefficient (Wildman–Crippen LogP) is 4.16. The molecular formula is C21H29N3O4S2. The molecule has 7 nitrogen and oxygen atoms in total. The minimum absolute atomic E-state index is 0.226. The lowest BCUT2D eigenvalue weighted by molar-refractivity contribution is 0.355. The smallest absolute Gasteiger partial charge is 0.243 e. The zero-order chi connectivity index (χ0) is 22.5. The van der Waals surface area contributed by atoms with Crippen LogP contribution >= 0.6 is 12.2 Å². The van der Waals surface area contributed by atoms with E-state index in [0.29, 0.717) is 35.4 Å². The van der Waals surface area contributed by atoms with Gasteiger partial charge < -0.3 is 20.1 Å². The average molecular weight is 452 g/mol. The molecule has 0 fully saturated rings. The van der Waals surface area contributed by atoms with Gasteiger partial charge in [-0.1, -0.05) is 19.9 Å². The number of hydrogen-bond donors (Lipinski definition) is 2. The van der Waals surface area contributed by atoms with Gasteiger partial charge in [0.05, 0.1) is 19.1 Å². The van der Waals surface area contributed by atoms with Crippen molar-refractivity contribution in [3.63, 3.8) is 0 Å². The van der Waals surface area contributed by atoms with Crippen molar-refractivity contribution >= 4 is 38.7 Å². The third kappa shape index (κ3) is 5.21. The van der Waals surface area contributed by atoms with Gasteiger partial charge in [0.15, 0.2) is 16.6 Å². The molecule has 0 atom stereocenters. The summed E-state index contributed by atoms with van der Waals surface area (Å²) in [5.41, 5.74) is 3.18. The van der Waals surface area contributed by atoms with Gasteiger partial charge in [-0.05, 0) is 55.4 Å². The number of sulfonamides is 1. The van der Waals surface area contributed by atoms with Crippen molar-refractivity contribution in [1.29, 1.82) is 0 Å². The maximum absolute atomic E-state index is 12.8. The predicted molar refractivity (Wildman–Crippen MR) is 125 cm³/mol. The Hall–Kier alpha value is -2.36. The zero-order valence-electron chi connectivity index (χ0n) is 18.2. The molecule has 0 aliphatic carbocycles. The van der Waals surface area contributed by atoms with Crippen LogP contribution in [0.3, 0.4) is 0 Å². The third-order valence-corrected chi connectivity index (χ3v) is 7.03. The van der Waals surface area contributed by atoms with E-state index in [1.165, 1.54) is 4.31 Å². The minimum Gasteiger partial charge on any atom is -0.493 e. The van der Waals surface area contributed by atoms with Crippen molar-refractivity contribution in [1.82, 2.24) is 4.31 Å². The van der Waals surface area contributed by atoms with Crippen LogP contribution in [0.15, 0.2) is 35.2 Å². The molecule has 0 aromatic heterocycles. The number of thiocarbonyl (C=S) groups is 1. The van der Waals surface area contributed by atoms with E-state index >= 15 is 0 Å². The Morgan fingerprint density at radius 3 is 2.00 bits per heavy atom. The summed E-state index contributed by atoms with van der Waals surface area (Å²) in [4.78, 5) is 0.226. The molecule has 0 unspecified atom stereocenters. The number of anilines is 2. The van der Waals surface area contributed by atoms with E-state index in [1.807, 2.05) is 33.8 Å². The molecule has 0 saturated carbocycles. The van der Waals surface area contributed by atoms with Gasteiger partial charge >= 0.3 is 0 Å². The maximum Gasteiger partial charge on any atom is 0.243 e. The Morgan fingerprint density at radius 2 is 1.47 bits per heavy atom. The Labute approximate surface area is 184 Å². The van der Waals surface area contributed by atoms with Gasteiger partial charge in [0.1, 0.15) is 0 Å². The first kappa shape index (κ1) is 23.9. The molecule has 2 N–H and O–H groups in total. The van der Waals surface area contributed by atoms with Crippen LogP contribution in [0.2, 0.25) is 0 Å². The molecule has 0 amide bonds. The van der Waals surface area contributed by atoms with Gasteiger partial charge in [0.2, 0.25) is 10.0 Å². The van der Waals surface area contributed by atoms with Crippen LogP contribution in [-0.4, -0.2) is 45.1 Å². The van der Waals surface area contributed by atoms with Crippen LogP contribution < -0.4 is 20.1 Å². The molecule has 0 saturated heterocycles. The van der Waals surface area contributed by atoms with Gasteiger partial charge in [0.25, 0.3) is 0 Å². The number of methoxy groups -OCH3 is 2. The first-order valence-corrected chi connectivity index (χ1v) is 11.4. The second-order valence-electron chi connectivity index (χ2n) is 6.67. The first-order chi connectivity index (χ1) is 14.2. The largest absolute Gasteiger partial charge is 0.493 e. The van der Waals surface area contributed by atoms with Gasteiger partial charge in [-0.15, -0.1) is 0 Å². The van der Waals surface area contributed by atoms with Crippen LogP contribution in [0.4, 0.5) is 11.4 Å². The second-order valence-corrected chi connectivity index (χ2v) is 9.01. The SMILES string of the molecule is CCN(CC)S(=O)(=O)c1ccc(C)c(NC(=S)Nc2cc(OC)c(OC)cc2C)c1. The number of nitrogens with zero attached hydrogens (tertiary/aromatic N) is 1. The van der Waals surface area contributed by atoms with Crippen molar-refractivity contribution in [2.75, 3.05) is 37.9 Å². The lowest BCUT2D eigenvalue weighted by Gasteiger charge is -2.20. The average Bonchev–Trinajstić information content (AvgIpc) is 2.71. The van der Waals surface area contributed by atoms with Gasteiger partial charge in [-0.2, -0.15) is 4.31 Å². The lowest BCUT2D eigenvalue weighted by Crippen LogP contribution is -2.30. The third-order valence-electron chi connectivity index (χ3n) is 4.78. The van der Waals surface area contributed by atoms with E-state index in [2.05, 4.69) is 10.6 Å². The molecule has 9 heteroatoms. The fraction of sp³-hybridized carbons (Fsp3) is 0.381. The number of benzene rings is 2. The number of nitrogens with one attached hydrogen (secondary N) is 2. The van der Waals surface area contributed by atoms with E-state index in [1.54, 1.807) is 38.5 Å².